The van der Waals surface area contributed by atoms with Crippen LogP contribution < -0.4 is 10.5 Å². The van der Waals surface area contributed by atoms with Crippen LogP contribution in [0.25, 0.3) is 0 Å². The zero-order chi connectivity index (χ0) is 10.7. The summed E-state index contributed by atoms with van der Waals surface area (Å²) in [6.45, 7) is 0. The molecule has 2 rings (SSSR count). The van der Waals surface area contributed by atoms with Crippen LogP contribution in [0.1, 0.15) is 0 Å². The van der Waals surface area contributed by atoms with Gasteiger partial charge in [0.05, 0.1) is 12.4 Å². The van der Waals surface area contributed by atoms with E-state index in [1.54, 1.807) is 24.3 Å². The summed E-state index contributed by atoms with van der Waals surface area (Å²) in [5, 5.41) is 0.607. The Morgan fingerprint density at radius 2 is 2.07 bits per heavy atom. The van der Waals surface area contributed by atoms with E-state index in [1.807, 2.05) is 0 Å². The summed E-state index contributed by atoms with van der Waals surface area (Å²) in [4.78, 5) is 7.81. The Hall–Kier alpha value is -1.81. The highest BCUT2D eigenvalue weighted by Crippen LogP contribution is 2.21. The van der Waals surface area contributed by atoms with Crippen LogP contribution in [0.2, 0.25) is 5.02 Å². The van der Waals surface area contributed by atoms with Crippen molar-refractivity contribution in [2.75, 3.05) is 5.73 Å². The smallest absolute Gasteiger partial charge is 0.237 e. The van der Waals surface area contributed by atoms with E-state index >= 15 is 0 Å². The van der Waals surface area contributed by atoms with Gasteiger partial charge in [-0.3, -0.25) is 0 Å². The van der Waals surface area contributed by atoms with Gasteiger partial charge in [-0.25, -0.2) is 9.97 Å². The molecule has 0 amide bonds. The number of benzene rings is 1. The lowest BCUT2D eigenvalue weighted by molar-refractivity contribution is 0.460. The van der Waals surface area contributed by atoms with E-state index in [0.29, 0.717) is 22.5 Å². The predicted molar refractivity (Wildman–Crippen MR) is 58.0 cm³/mol. The number of nitrogen functional groups attached to an aromatic ring is 1. The highest BCUT2D eigenvalue weighted by molar-refractivity contribution is 6.30. The fourth-order valence-electron chi connectivity index (χ4n) is 1.03. The minimum Gasteiger partial charge on any atom is -0.437 e. The third kappa shape index (κ3) is 2.57. The van der Waals surface area contributed by atoms with Gasteiger partial charge in [0.1, 0.15) is 11.6 Å². The van der Waals surface area contributed by atoms with Crippen LogP contribution in [-0.2, 0) is 0 Å². The number of rotatable bonds is 2. The average molecular weight is 222 g/mol. The van der Waals surface area contributed by atoms with E-state index in [0.717, 1.165) is 0 Å². The minimum atomic E-state index is 0.355. The van der Waals surface area contributed by atoms with Gasteiger partial charge in [0.25, 0.3) is 0 Å². The van der Waals surface area contributed by atoms with Crippen molar-refractivity contribution in [1.29, 1.82) is 0 Å². The van der Waals surface area contributed by atoms with Crippen molar-refractivity contribution >= 4 is 17.4 Å². The molecule has 0 radical (unpaired) electrons. The van der Waals surface area contributed by atoms with E-state index in [9.17, 15) is 0 Å². The zero-order valence-corrected chi connectivity index (χ0v) is 8.48. The normalized spacial score (nSPS) is 9.93. The van der Waals surface area contributed by atoms with Crippen molar-refractivity contribution in [3.05, 3.63) is 41.7 Å². The molecular formula is C10H8ClN3O. The molecule has 0 aliphatic carbocycles. The van der Waals surface area contributed by atoms with Crippen LogP contribution in [0, 0.1) is 0 Å². The van der Waals surface area contributed by atoms with Gasteiger partial charge in [-0.2, -0.15) is 0 Å². The summed E-state index contributed by atoms with van der Waals surface area (Å²) in [6, 6.07) is 7.04. The first-order chi connectivity index (χ1) is 7.24. The number of hydrogen-bond acceptors (Lipinski definition) is 4. The Morgan fingerprint density at radius 1 is 1.20 bits per heavy atom. The van der Waals surface area contributed by atoms with E-state index in [1.165, 1.54) is 12.4 Å². The SMILES string of the molecule is Nc1cnc(Oc2cccc(Cl)c2)cn1. The molecule has 0 fully saturated rings. The van der Waals surface area contributed by atoms with Crippen molar-refractivity contribution in [2.45, 2.75) is 0 Å². The lowest BCUT2D eigenvalue weighted by atomic mass is 10.3. The number of nitrogens with zero attached hydrogens (tertiary/aromatic N) is 2. The van der Waals surface area contributed by atoms with Crippen molar-refractivity contribution in [3.8, 4) is 11.6 Å². The summed E-state index contributed by atoms with van der Waals surface area (Å²) >= 11 is 5.80. The lowest BCUT2D eigenvalue weighted by Gasteiger charge is -2.03. The van der Waals surface area contributed by atoms with Crippen molar-refractivity contribution in [3.63, 3.8) is 0 Å². The third-order valence-corrected chi connectivity index (χ3v) is 1.90. The monoisotopic (exact) mass is 221 g/mol. The highest BCUT2D eigenvalue weighted by Gasteiger charge is 1.99. The van der Waals surface area contributed by atoms with Gasteiger partial charge in [0.2, 0.25) is 5.88 Å². The second-order valence-electron chi connectivity index (χ2n) is 2.84. The Labute approximate surface area is 91.7 Å². The molecule has 2 N–H and O–H groups in total. The number of ether oxygens (including phenoxy) is 1. The number of hydrogen-bond donors (Lipinski definition) is 1. The maximum absolute atomic E-state index is 5.80. The molecule has 15 heavy (non-hydrogen) atoms. The molecule has 0 aliphatic heterocycles. The molecule has 1 heterocycles. The predicted octanol–water partition coefficient (Wildman–Crippen LogP) is 2.50. The molecule has 0 saturated heterocycles. The molecule has 0 saturated carbocycles. The van der Waals surface area contributed by atoms with Crippen LogP contribution in [0.3, 0.4) is 0 Å². The van der Waals surface area contributed by atoms with Crippen LogP contribution in [-0.4, -0.2) is 9.97 Å². The molecule has 0 spiro atoms. The largest absolute Gasteiger partial charge is 0.437 e. The van der Waals surface area contributed by atoms with Crippen LogP contribution >= 0.6 is 11.6 Å². The summed E-state index contributed by atoms with van der Waals surface area (Å²) in [7, 11) is 0. The summed E-state index contributed by atoms with van der Waals surface area (Å²) in [5.74, 6) is 1.35. The van der Waals surface area contributed by atoms with Gasteiger partial charge < -0.3 is 10.5 Å². The topological polar surface area (TPSA) is 61.0 Å². The molecule has 0 unspecified atom stereocenters. The molecule has 0 aliphatic rings. The quantitative estimate of drug-likeness (QED) is 0.847. The Kier molecular flexibility index (Phi) is 2.69. The number of halogens is 1. The van der Waals surface area contributed by atoms with Gasteiger partial charge in [-0.15, -0.1) is 0 Å². The molecule has 4 nitrogen and oxygen atoms in total. The minimum absolute atomic E-state index is 0.355. The first-order valence-corrected chi connectivity index (χ1v) is 4.63. The van der Waals surface area contributed by atoms with Crippen molar-refractivity contribution < 1.29 is 4.74 Å². The molecular weight excluding hydrogens is 214 g/mol. The summed E-state index contributed by atoms with van der Waals surface area (Å²) in [6.07, 6.45) is 2.89. The van der Waals surface area contributed by atoms with E-state index in [-0.39, 0.29) is 0 Å². The number of aromatic nitrogens is 2. The highest BCUT2D eigenvalue weighted by atomic mass is 35.5. The molecule has 76 valence electrons. The summed E-state index contributed by atoms with van der Waals surface area (Å²) < 4.78 is 5.40. The number of nitrogens with two attached hydrogens (primary N) is 1. The van der Waals surface area contributed by atoms with Gasteiger partial charge in [0.15, 0.2) is 0 Å². The van der Waals surface area contributed by atoms with Gasteiger partial charge in [-0.1, -0.05) is 17.7 Å². The first kappa shape index (κ1) is 9.73. The second kappa shape index (κ2) is 4.14. The molecule has 1 aromatic carbocycles. The lowest BCUT2D eigenvalue weighted by Crippen LogP contribution is -1.93. The number of anilines is 1. The van der Waals surface area contributed by atoms with Gasteiger partial charge in [-0.05, 0) is 18.2 Å². The first-order valence-electron chi connectivity index (χ1n) is 4.25. The van der Waals surface area contributed by atoms with Crippen LogP contribution in [0.5, 0.6) is 11.6 Å². The van der Waals surface area contributed by atoms with Crippen molar-refractivity contribution in [1.82, 2.24) is 9.97 Å². The molecule has 0 atom stereocenters. The van der Waals surface area contributed by atoms with E-state index in [2.05, 4.69) is 9.97 Å². The average Bonchev–Trinajstić information content (AvgIpc) is 2.22. The van der Waals surface area contributed by atoms with Gasteiger partial charge >= 0.3 is 0 Å². The van der Waals surface area contributed by atoms with E-state index in [4.69, 9.17) is 22.1 Å². The Morgan fingerprint density at radius 3 is 2.73 bits per heavy atom. The fourth-order valence-corrected chi connectivity index (χ4v) is 1.21. The maximum Gasteiger partial charge on any atom is 0.237 e. The maximum atomic E-state index is 5.80. The Balaban J connectivity index is 2.18. The molecule has 0 bridgehead atoms. The van der Waals surface area contributed by atoms with Gasteiger partial charge in [0, 0.05) is 5.02 Å². The standard InChI is InChI=1S/C10H8ClN3O/c11-7-2-1-3-8(4-7)15-10-6-13-9(12)5-14-10/h1-6H,(H2,12,13). The Bertz CT molecular complexity index is 458. The molecule has 1 aromatic heterocycles. The third-order valence-electron chi connectivity index (χ3n) is 1.67. The molecule has 2 aromatic rings. The second-order valence-corrected chi connectivity index (χ2v) is 3.28. The molecule has 5 heteroatoms. The zero-order valence-electron chi connectivity index (χ0n) is 7.72. The van der Waals surface area contributed by atoms with Crippen LogP contribution in [0.15, 0.2) is 36.7 Å². The van der Waals surface area contributed by atoms with E-state index < -0.39 is 0 Å². The van der Waals surface area contributed by atoms with Crippen molar-refractivity contribution in [2.24, 2.45) is 0 Å². The summed E-state index contributed by atoms with van der Waals surface area (Å²) in [5.41, 5.74) is 5.39. The van der Waals surface area contributed by atoms with Crippen LogP contribution in [0.4, 0.5) is 5.82 Å². The fraction of sp³-hybridized carbons (Fsp3) is 0.